The molecule has 1 aliphatic heterocycles. The number of guanidine groups is 1. The van der Waals surface area contributed by atoms with Crippen molar-refractivity contribution in [2.45, 2.75) is 20.4 Å². The quantitative estimate of drug-likeness (QED) is 0.319. The second kappa shape index (κ2) is 12.6. The number of rotatable bonds is 8. The molecule has 1 aliphatic rings. The number of halogens is 1. The molecule has 2 rings (SSSR count). The van der Waals surface area contributed by atoms with Gasteiger partial charge in [0.25, 0.3) is 0 Å². The van der Waals surface area contributed by atoms with Crippen LogP contribution in [0.15, 0.2) is 35.3 Å². The lowest BCUT2D eigenvalue weighted by atomic mass is 10.2. The summed E-state index contributed by atoms with van der Waals surface area (Å²) in [6.07, 6.45) is 0. The highest BCUT2D eigenvalue weighted by molar-refractivity contribution is 14.0. The Bertz CT molecular complexity index is 688. The maximum atomic E-state index is 12.3. The summed E-state index contributed by atoms with van der Waals surface area (Å²) in [5, 5.41) is 3.21. The molecule has 160 valence electrons. The van der Waals surface area contributed by atoms with Crippen molar-refractivity contribution in [3.05, 3.63) is 35.9 Å². The molecule has 0 atom stereocenters. The number of piperazine rings is 1. The molecule has 1 aromatic rings. The predicted octanol–water partition coefficient (Wildman–Crippen LogP) is 1.67. The SMILES string of the molecule is CCN(CC)S(=O)(=O)CCNC(=NC)N1CCN(Cc2ccccc2)CC1.I. The van der Waals surface area contributed by atoms with Crippen LogP contribution in [0.5, 0.6) is 0 Å². The standard InChI is InChI=1S/C19H33N5O2S.HI/c1-4-24(5-2)27(25,26)16-11-21-19(20-3)23-14-12-22(13-15-23)17-18-9-7-6-8-10-18;/h6-10H,4-5,11-17H2,1-3H3,(H,20,21);1H. The zero-order valence-corrected chi connectivity index (χ0v) is 20.3. The molecule has 0 amide bonds. The number of nitrogens with one attached hydrogen (secondary N) is 1. The molecule has 0 radical (unpaired) electrons. The second-order valence-corrected chi connectivity index (χ2v) is 8.71. The number of hydrogen-bond donors (Lipinski definition) is 1. The molecule has 0 saturated carbocycles. The van der Waals surface area contributed by atoms with Gasteiger partial charge in [-0.3, -0.25) is 9.89 Å². The van der Waals surface area contributed by atoms with Gasteiger partial charge in [-0.1, -0.05) is 44.2 Å². The summed E-state index contributed by atoms with van der Waals surface area (Å²) in [6, 6.07) is 10.5. The molecule has 9 heteroatoms. The van der Waals surface area contributed by atoms with E-state index in [0.717, 1.165) is 38.7 Å². The Balaban J connectivity index is 0.00000392. The van der Waals surface area contributed by atoms with E-state index in [9.17, 15) is 8.42 Å². The Morgan fingerprint density at radius 1 is 1.11 bits per heavy atom. The van der Waals surface area contributed by atoms with E-state index in [-0.39, 0.29) is 29.7 Å². The normalized spacial score (nSPS) is 16.1. The minimum atomic E-state index is -3.21. The number of hydrogen-bond acceptors (Lipinski definition) is 4. The molecule has 0 aromatic heterocycles. The average Bonchev–Trinajstić information content (AvgIpc) is 2.67. The van der Waals surface area contributed by atoms with Crippen molar-refractivity contribution >= 4 is 40.0 Å². The third kappa shape index (κ3) is 7.49. The molecular weight excluding hydrogens is 489 g/mol. The molecule has 1 aromatic carbocycles. The summed E-state index contributed by atoms with van der Waals surface area (Å²) >= 11 is 0. The lowest BCUT2D eigenvalue weighted by Gasteiger charge is -2.36. The van der Waals surface area contributed by atoms with Gasteiger partial charge in [-0.25, -0.2) is 12.7 Å². The maximum absolute atomic E-state index is 12.3. The van der Waals surface area contributed by atoms with E-state index >= 15 is 0 Å². The highest BCUT2D eigenvalue weighted by Crippen LogP contribution is 2.08. The van der Waals surface area contributed by atoms with Crippen LogP contribution in [-0.2, 0) is 16.6 Å². The predicted molar refractivity (Wildman–Crippen MR) is 127 cm³/mol. The summed E-state index contributed by atoms with van der Waals surface area (Å²) in [4.78, 5) is 8.96. The van der Waals surface area contributed by atoms with Gasteiger partial charge in [0.05, 0.1) is 5.75 Å². The van der Waals surface area contributed by atoms with Crippen molar-refractivity contribution in [2.75, 3.05) is 58.6 Å². The summed E-state index contributed by atoms with van der Waals surface area (Å²) in [7, 11) is -1.46. The van der Waals surface area contributed by atoms with Gasteiger partial charge >= 0.3 is 0 Å². The van der Waals surface area contributed by atoms with E-state index in [1.165, 1.54) is 9.87 Å². The molecule has 0 aliphatic carbocycles. The number of sulfonamides is 1. The van der Waals surface area contributed by atoms with Crippen molar-refractivity contribution in [2.24, 2.45) is 4.99 Å². The van der Waals surface area contributed by atoms with Crippen LogP contribution in [0.2, 0.25) is 0 Å². The molecule has 0 bridgehead atoms. The summed E-state index contributed by atoms with van der Waals surface area (Å²) in [6.45, 7) is 9.78. The third-order valence-corrected chi connectivity index (χ3v) is 6.90. The summed E-state index contributed by atoms with van der Waals surface area (Å²) < 4.78 is 26.1. The molecule has 0 spiro atoms. The van der Waals surface area contributed by atoms with Gasteiger partial charge in [-0.15, -0.1) is 24.0 Å². The van der Waals surface area contributed by atoms with Crippen molar-refractivity contribution in [1.29, 1.82) is 0 Å². The highest BCUT2D eigenvalue weighted by Gasteiger charge is 2.21. The van der Waals surface area contributed by atoms with E-state index in [2.05, 4.69) is 44.4 Å². The van der Waals surface area contributed by atoms with Crippen LogP contribution in [0.25, 0.3) is 0 Å². The molecular formula is C19H34IN5O2S. The first-order valence-electron chi connectivity index (χ1n) is 9.69. The van der Waals surface area contributed by atoms with Crippen LogP contribution in [0.1, 0.15) is 19.4 Å². The third-order valence-electron chi connectivity index (χ3n) is 4.87. The molecule has 0 unspecified atom stereocenters. The van der Waals surface area contributed by atoms with Gasteiger partial charge in [0, 0.05) is 59.4 Å². The lowest BCUT2D eigenvalue weighted by Crippen LogP contribution is -2.52. The molecule has 1 saturated heterocycles. The Morgan fingerprint density at radius 3 is 2.25 bits per heavy atom. The monoisotopic (exact) mass is 523 g/mol. The molecule has 1 fully saturated rings. The Morgan fingerprint density at radius 2 is 1.71 bits per heavy atom. The van der Waals surface area contributed by atoms with E-state index in [4.69, 9.17) is 0 Å². The fourth-order valence-electron chi connectivity index (χ4n) is 3.33. The lowest BCUT2D eigenvalue weighted by molar-refractivity contribution is 0.172. The first-order valence-corrected chi connectivity index (χ1v) is 11.3. The van der Waals surface area contributed by atoms with Gasteiger partial charge in [0.1, 0.15) is 0 Å². The Hall–Kier alpha value is -0.910. The number of aliphatic imine (C=N–C) groups is 1. The zero-order chi connectivity index (χ0) is 19.7. The Kier molecular flexibility index (Phi) is 11.3. The van der Waals surface area contributed by atoms with Crippen LogP contribution in [0, 0.1) is 0 Å². The highest BCUT2D eigenvalue weighted by atomic mass is 127. The maximum Gasteiger partial charge on any atom is 0.215 e. The largest absolute Gasteiger partial charge is 0.355 e. The molecule has 7 nitrogen and oxygen atoms in total. The summed E-state index contributed by atoms with van der Waals surface area (Å²) in [5.74, 6) is 0.867. The zero-order valence-electron chi connectivity index (χ0n) is 17.2. The first-order chi connectivity index (χ1) is 13.0. The van der Waals surface area contributed by atoms with E-state index in [0.29, 0.717) is 19.6 Å². The Labute approximate surface area is 187 Å². The fourth-order valence-corrected chi connectivity index (χ4v) is 4.73. The minimum Gasteiger partial charge on any atom is -0.355 e. The van der Waals surface area contributed by atoms with Crippen LogP contribution in [0.4, 0.5) is 0 Å². The number of nitrogens with zero attached hydrogens (tertiary/aromatic N) is 4. The van der Waals surface area contributed by atoms with E-state index in [1.807, 2.05) is 19.9 Å². The molecule has 1 heterocycles. The average molecular weight is 523 g/mol. The van der Waals surface area contributed by atoms with Crippen molar-refractivity contribution in [3.63, 3.8) is 0 Å². The summed E-state index contributed by atoms with van der Waals surface area (Å²) in [5.41, 5.74) is 1.33. The van der Waals surface area contributed by atoms with Crippen LogP contribution in [-0.4, -0.2) is 87.1 Å². The van der Waals surface area contributed by atoms with Gasteiger partial charge in [-0.2, -0.15) is 0 Å². The minimum absolute atomic E-state index is 0. The molecule has 1 N–H and O–H groups in total. The van der Waals surface area contributed by atoms with Crippen LogP contribution in [0.3, 0.4) is 0 Å². The molecule has 28 heavy (non-hydrogen) atoms. The van der Waals surface area contributed by atoms with Crippen LogP contribution < -0.4 is 5.32 Å². The smallest absolute Gasteiger partial charge is 0.215 e. The van der Waals surface area contributed by atoms with Gasteiger partial charge in [0.15, 0.2) is 5.96 Å². The fraction of sp³-hybridized carbons (Fsp3) is 0.632. The van der Waals surface area contributed by atoms with Gasteiger partial charge < -0.3 is 10.2 Å². The first kappa shape index (κ1) is 25.1. The van der Waals surface area contributed by atoms with E-state index < -0.39 is 10.0 Å². The number of benzene rings is 1. The van der Waals surface area contributed by atoms with E-state index in [1.54, 1.807) is 7.05 Å². The van der Waals surface area contributed by atoms with Crippen molar-refractivity contribution < 1.29 is 8.42 Å². The van der Waals surface area contributed by atoms with Gasteiger partial charge in [0.2, 0.25) is 10.0 Å². The van der Waals surface area contributed by atoms with Crippen molar-refractivity contribution in [3.8, 4) is 0 Å². The van der Waals surface area contributed by atoms with Crippen LogP contribution >= 0.6 is 24.0 Å². The topological polar surface area (TPSA) is 68.2 Å². The second-order valence-electron chi connectivity index (χ2n) is 6.62. The van der Waals surface area contributed by atoms with Crippen molar-refractivity contribution in [1.82, 2.24) is 19.4 Å². The van der Waals surface area contributed by atoms with Gasteiger partial charge in [-0.05, 0) is 5.56 Å².